The van der Waals surface area contributed by atoms with Crippen molar-refractivity contribution in [2.24, 2.45) is 0 Å². The van der Waals surface area contributed by atoms with Crippen LogP contribution in [0.15, 0.2) is 36.7 Å². The normalized spacial score (nSPS) is 10.1. The fourth-order valence-corrected chi connectivity index (χ4v) is 1.62. The van der Waals surface area contributed by atoms with Crippen molar-refractivity contribution in [3.8, 4) is 0 Å². The van der Waals surface area contributed by atoms with Gasteiger partial charge in [0.25, 0.3) is 0 Å². The van der Waals surface area contributed by atoms with E-state index in [9.17, 15) is 4.39 Å². The third-order valence-electron chi connectivity index (χ3n) is 2.53. The summed E-state index contributed by atoms with van der Waals surface area (Å²) < 4.78 is 13.0. The number of hydrogen-bond acceptors (Lipinski definition) is 4. The van der Waals surface area contributed by atoms with E-state index in [1.165, 1.54) is 12.4 Å². The molecular weight excluding hydrogens is 231 g/mol. The molecule has 1 heterocycles. The molecule has 0 radical (unpaired) electrons. The van der Waals surface area contributed by atoms with E-state index in [1.54, 1.807) is 19.2 Å². The highest BCUT2D eigenvalue weighted by Gasteiger charge is 1.98. The quantitative estimate of drug-likeness (QED) is 0.850. The first-order valence-corrected chi connectivity index (χ1v) is 5.76. The van der Waals surface area contributed by atoms with Gasteiger partial charge in [-0.15, -0.1) is 0 Å². The van der Waals surface area contributed by atoms with Gasteiger partial charge in [0.15, 0.2) is 0 Å². The minimum atomic E-state index is -0.202. The smallest absolute Gasteiger partial charge is 0.131 e. The first-order chi connectivity index (χ1) is 8.78. The van der Waals surface area contributed by atoms with Crippen LogP contribution in [0.2, 0.25) is 0 Å². The molecule has 1 aromatic carbocycles. The van der Waals surface area contributed by atoms with Crippen LogP contribution < -0.4 is 10.6 Å². The van der Waals surface area contributed by atoms with Crippen molar-refractivity contribution in [2.45, 2.75) is 6.42 Å². The second-order valence-corrected chi connectivity index (χ2v) is 3.85. The highest BCUT2D eigenvalue weighted by molar-refractivity contribution is 5.45. The minimum Gasteiger partial charge on any atom is -0.373 e. The van der Waals surface area contributed by atoms with Crippen LogP contribution in [0.3, 0.4) is 0 Å². The fraction of sp³-hybridized carbons (Fsp3) is 0.231. The second-order valence-electron chi connectivity index (χ2n) is 3.85. The number of nitrogens with one attached hydrogen (secondary N) is 2. The Labute approximate surface area is 105 Å². The number of halogens is 1. The van der Waals surface area contributed by atoms with Gasteiger partial charge in [0.1, 0.15) is 23.8 Å². The van der Waals surface area contributed by atoms with E-state index in [2.05, 4.69) is 20.6 Å². The molecule has 1 aromatic heterocycles. The number of nitrogens with zero attached hydrogens (tertiary/aromatic N) is 2. The van der Waals surface area contributed by atoms with E-state index in [0.29, 0.717) is 6.54 Å². The number of rotatable bonds is 5. The SMILES string of the molecule is CNc1cc(NCCc2cccc(F)c2)ncn1. The molecule has 4 nitrogen and oxygen atoms in total. The van der Waals surface area contributed by atoms with E-state index in [-0.39, 0.29) is 5.82 Å². The molecule has 0 aliphatic rings. The molecule has 94 valence electrons. The van der Waals surface area contributed by atoms with Crippen molar-refractivity contribution in [2.75, 3.05) is 24.2 Å². The van der Waals surface area contributed by atoms with E-state index in [4.69, 9.17) is 0 Å². The molecule has 0 bridgehead atoms. The second kappa shape index (κ2) is 5.95. The lowest BCUT2D eigenvalue weighted by Gasteiger charge is -2.06. The van der Waals surface area contributed by atoms with Crippen LogP contribution >= 0.6 is 0 Å². The maximum atomic E-state index is 13.0. The Balaban J connectivity index is 1.88. The van der Waals surface area contributed by atoms with Crippen LogP contribution in [0, 0.1) is 5.82 Å². The van der Waals surface area contributed by atoms with Crippen molar-refractivity contribution >= 4 is 11.6 Å². The lowest BCUT2D eigenvalue weighted by molar-refractivity contribution is 0.625. The van der Waals surface area contributed by atoms with Crippen molar-refractivity contribution in [1.82, 2.24) is 9.97 Å². The maximum Gasteiger partial charge on any atom is 0.131 e. The van der Waals surface area contributed by atoms with E-state index < -0.39 is 0 Å². The average Bonchev–Trinajstić information content (AvgIpc) is 2.39. The van der Waals surface area contributed by atoms with Gasteiger partial charge in [-0.1, -0.05) is 12.1 Å². The van der Waals surface area contributed by atoms with E-state index in [0.717, 1.165) is 23.6 Å². The van der Waals surface area contributed by atoms with Gasteiger partial charge in [-0.25, -0.2) is 14.4 Å². The Morgan fingerprint density at radius 1 is 1.17 bits per heavy atom. The molecule has 0 fully saturated rings. The first-order valence-electron chi connectivity index (χ1n) is 5.76. The van der Waals surface area contributed by atoms with Gasteiger partial charge in [0, 0.05) is 19.7 Å². The molecule has 5 heteroatoms. The summed E-state index contributed by atoms with van der Waals surface area (Å²) in [7, 11) is 1.80. The third-order valence-corrected chi connectivity index (χ3v) is 2.53. The van der Waals surface area contributed by atoms with Crippen molar-refractivity contribution in [3.05, 3.63) is 48.0 Å². The van der Waals surface area contributed by atoms with Crippen LogP contribution in [0.5, 0.6) is 0 Å². The Morgan fingerprint density at radius 2 is 2.00 bits per heavy atom. The summed E-state index contributed by atoms with van der Waals surface area (Å²) in [5, 5.41) is 6.12. The summed E-state index contributed by atoms with van der Waals surface area (Å²) in [5.41, 5.74) is 0.963. The molecule has 0 unspecified atom stereocenters. The van der Waals surface area contributed by atoms with Crippen LogP contribution in [-0.2, 0) is 6.42 Å². The van der Waals surface area contributed by atoms with Crippen LogP contribution in [-0.4, -0.2) is 23.6 Å². The predicted molar refractivity (Wildman–Crippen MR) is 70.2 cm³/mol. The fourth-order valence-electron chi connectivity index (χ4n) is 1.62. The van der Waals surface area contributed by atoms with Gasteiger partial charge < -0.3 is 10.6 Å². The Kier molecular flexibility index (Phi) is 4.06. The molecule has 0 aliphatic carbocycles. The topological polar surface area (TPSA) is 49.8 Å². The van der Waals surface area contributed by atoms with Gasteiger partial charge in [-0.2, -0.15) is 0 Å². The van der Waals surface area contributed by atoms with Crippen molar-refractivity contribution < 1.29 is 4.39 Å². The maximum absolute atomic E-state index is 13.0. The zero-order chi connectivity index (χ0) is 12.8. The first kappa shape index (κ1) is 12.3. The Morgan fingerprint density at radius 3 is 2.78 bits per heavy atom. The molecule has 0 amide bonds. The van der Waals surface area contributed by atoms with Crippen LogP contribution in [0.4, 0.5) is 16.0 Å². The van der Waals surface area contributed by atoms with E-state index in [1.807, 2.05) is 12.1 Å². The predicted octanol–water partition coefficient (Wildman–Crippen LogP) is 2.31. The summed E-state index contributed by atoms with van der Waals surface area (Å²) in [5.74, 6) is 1.32. The Hall–Kier alpha value is -2.17. The molecule has 18 heavy (non-hydrogen) atoms. The number of benzene rings is 1. The summed E-state index contributed by atoms with van der Waals surface area (Å²) in [6.45, 7) is 0.698. The van der Waals surface area contributed by atoms with Gasteiger partial charge in [-0.3, -0.25) is 0 Å². The highest BCUT2D eigenvalue weighted by atomic mass is 19.1. The third kappa shape index (κ3) is 3.41. The number of aromatic nitrogens is 2. The standard InChI is InChI=1S/C13H15FN4/c1-15-12-8-13(18-9-17-12)16-6-5-10-3-2-4-11(14)7-10/h2-4,7-9H,5-6H2,1H3,(H2,15,16,17,18). The van der Waals surface area contributed by atoms with Gasteiger partial charge in [0.2, 0.25) is 0 Å². The molecular formula is C13H15FN4. The molecule has 2 rings (SSSR count). The van der Waals surface area contributed by atoms with Crippen molar-refractivity contribution in [3.63, 3.8) is 0 Å². The molecule has 0 atom stereocenters. The molecule has 0 saturated heterocycles. The Bertz CT molecular complexity index is 516. The lowest BCUT2D eigenvalue weighted by Crippen LogP contribution is -2.07. The molecule has 0 spiro atoms. The molecule has 0 aliphatic heterocycles. The van der Waals surface area contributed by atoms with E-state index >= 15 is 0 Å². The summed E-state index contributed by atoms with van der Waals surface area (Å²) >= 11 is 0. The van der Waals surface area contributed by atoms with Gasteiger partial charge in [0.05, 0.1) is 0 Å². The van der Waals surface area contributed by atoms with Crippen LogP contribution in [0.25, 0.3) is 0 Å². The van der Waals surface area contributed by atoms with Crippen molar-refractivity contribution in [1.29, 1.82) is 0 Å². The lowest BCUT2D eigenvalue weighted by atomic mass is 10.1. The van der Waals surface area contributed by atoms with Crippen LogP contribution in [0.1, 0.15) is 5.56 Å². The van der Waals surface area contributed by atoms with Gasteiger partial charge in [-0.05, 0) is 24.1 Å². The zero-order valence-corrected chi connectivity index (χ0v) is 10.2. The minimum absolute atomic E-state index is 0.202. The zero-order valence-electron chi connectivity index (χ0n) is 10.2. The molecule has 2 N–H and O–H groups in total. The number of anilines is 2. The largest absolute Gasteiger partial charge is 0.373 e. The number of hydrogen-bond donors (Lipinski definition) is 2. The average molecular weight is 246 g/mol. The highest BCUT2D eigenvalue weighted by Crippen LogP contribution is 2.08. The van der Waals surface area contributed by atoms with Gasteiger partial charge >= 0.3 is 0 Å². The summed E-state index contributed by atoms with van der Waals surface area (Å²) in [6.07, 6.45) is 2.24. The molecule has 0 saturated carbocycles. The monoisotopic (exact) mass is 246 g/mol. The summed E-state index contributed by atoms with van der Waals surface area (Å²) in [4.78, 5) is 8.12. The molecule has 2 aromatic rings. The summed E-state index contributed by atoms with van der Waals surface area (Å²) in [6, 6.07) is 8.44.